The van der Waals surface area contributed by atoms with E-state index < -0.39 is 0 Å². The number of hydrogen-bond acceptors (Lipinski definition) is 4. The average Bonchev–Trinajstić information content (AvgIpc) is 3.07. The fourth-order valence-corrected chi connectivity index (χ4v) is 3.38. The number of furan rings is 1. The molecule has 3 atom stereocenters. The summed E-state index contributed by atoms with van der Waals surface area (Å²) in [7, 11) is 3.64. The quantitative estimate of drug-likeness (QED) is 0.837. The van der Waals surface area contributed by atoms with Gasteiger partial charge in [-0.25, -0.2) is 0 Å². The summed E-state index contributed by atoms with van der Waals surface area (Å²) in [5, 5.41) is 0. The van der Waals surface area contributed by atoms with Crippen molar-refractivity contribution in [3.63, 3.8) is 0 Å². The van der Waals surface area contributed by atoms with Crippen molar-refractivity contribution in [3.8, 4) is 0 Å². The molecule has 1 aromatic heterocycles. The van der Waals surface area contributed by atoms with Gasteiger partial charge in [0.15, 0.2) is 0 Å². The van der Waals surface area contributed by atoms with Crippen LogP contribution in [-0.2, 0) is 16.1 Å². The second kappa shape index (κ2) is 5.58. The standard InChI is InChI=1S/C15H22N2O3/c1-16(2)15(18)11-8-14-13(5-7-20-14)17(9-11)10-12-4-3-6-19-12/h3-4,6,11,13-14H,5,7-10H2,1-2H3/t11-,13-,14-/m0/s1. The van der Waals surface area contributed by atoms with Crippen LogP contribution < -0.4 is 0 Å². The Hall–Kier alpha value is -1.33. The molecular weight excluding hydrogens is 256 g/mol. The van der Waals surface area contributed by atoms with Gasteiger partial charge in [0.2, 0.25) is 5.91 Å². The van der Waals surface area contributed by atoms with Gasteiger partial charge in [-0.1, -0.05) is 0 Å². The Morgan fingerprint density at radius 1 is 1.50 bits per heavy atom. The van der Waals surface area contributed by atoms with Crippen LogP contribution in [0.25, 0.3) is 0 Å². The number of fused-ring (bicyclic) bond motifs is 1. The van der Waals surface area contributed by atoms with Crippen molar-refractivity contribution in [2.24, 2.45) is 5.92 Å². The summed E-state index contributed by atoms with van der Waals surface area (Å²) in [6.07, 6.45) is 3.78. The zero-order valence-electron chi connectivity index (χ0n) is 12.1. The minimum atomic E-state index is 0.0271. The second-order valence-corrected chi connectivity index (χ2v) is 5.94. The van der Waals surface area contributed by atoms with Crippen molar-refractivity contribution in [1.29, 1.82) is 0 Å². The molecule has 2 aliphatic heterocycles. The van der Waals surface area contributed by atoms with E-state index in [0.29, 0.717) is 6.04 Å². The molecule has 2 fully saturated rings. The van der Waals surface area contributed by atoms with Gasteiger partial charge in [-0.2, -0.15) is 0 Å². The summed E-state index contributed by atoms with van der Waals surface area (Å²) < 4.78 is 11.3. The first kappa shape index (κ1) is 13.6. The molecule has 3 heterocycles. The predicted molar refractivity (Wildman–Crippen MR) is 74.1 cm³/mol. The van der Waals surface area contributed by atoms with Crippen LogP contribution in [0.4, 0.5) is 0 Å². The Morgan fingerprint density at radius 3 is 3.05 bits per heavy atom. The Morgan fingerprint density at radius 2 is 2.35 bits per heavy atom. The number of nitrogens with zero attached hydrogens (tertiary/aromatic N) is 2. The molecule has 2 saturated heterocycles. The van der Waals surface area contributed by atoms with Crippen LogP contribution >= 0.6 is 0 Å². The van der Waals surface area contributed by atoms with Crippen LogP contribution in [0.5, 0.6) is 0 Å². The van der Waals surface area contributed by atoms with E-state index in [1.807, 2.05) is 26.2 Å². The molecule has 0 radical (unpaired) electrons. The van der Waals surface area contributed by atoms with Crippen LogP contribution in [-0.4, -0.2) is 55.1 Å². The molecule has 0 aliphatic carbocycles. The summed E-state index contributed by atoms with van der Waals surface area (Å²) in [6.45, 7) is 2.35. The number of rotatable bonds is 3. The Labute approximate surface area is 119 Å². The minimum Gasteiger partial charge on any atom is -0.468 e. The first-order chi connectivity index (χ1) is 9.65. The SMILES string of the molecule is CN(C)C(=O)[C@H]1C[C@@H]2OCC[C@@H]2N(Cc2ccco2)C1. The van der Waals surface area contributed by atoms with Crippen molar-refractivity contribution >= 4 is 5.91 Å². The minimum absolute atomic E-state index is 0.0271. The molecule has 0 unspecified atom stereocenters. The number of carbonyl (C=O) groups excluding carboxylic acids is 1. The topological polar surface area (TPSA) is 45.9 Å². The van der Waals surface area contributed by atoms with E-state index in [4.69, 9.17) is 9.15 Å². The molecule has 3 rings (SSSR count). The van der Waals surface area contributed by atoms with E-state index in [2.05, 4.69) is 4.90 Å². The maximum Gasteiger partial charge on any atom is 0.226 e. The van der Waals surface area contributed by atoms with Crippen molar-refractivity contribution in [2.75, 3.05) is 27.2 Å². The van der Waals surface area contributed by atoms with Crippen LogP contribution in [0.2, 0.25) is 0 Å². The lowest BCUT2D eigenvalue weighted by molar-refractivity contribution is -0.137. The van der Waals surface area contributed by atoms with Crippen molar-refractivity contribution in [2.45, 2.75) is 31.5 Å². The zero-order valence-corrected chi connectivity index (χ0v) is 12.1. The van der Waals surface area contributed by atoms with Gasteiger partial charge in [0.05, 0.1) is 24.8 Å². The molecule has 5 heteroatoms. The summed E-state index contributed by atoms with van der Waals surface area (Å²) in [6, 6.07) is 4.32. The predicted octanol–water partition coefficient (Wildman–Crippen LogP) is 1.35. The molecule has 20 heavy (non-hydrogen) atoms. The van der Waals surface area contributed by atoms with Gasteiger partial charge in [-0.3, -0.25) is 9.69 Å². The maximum atomic E-state index is 12.3. The third-order valence-electron chi connectivity index (χ3n) is 4.34. The van der Waals surface area contributed by atoms with Gasteiger partial charge >= 0.3 is 0 Å². The van der Waals surface area contributed by atoms with E-state index >= 15 is 0 Å². The highest BCUT2D eigenvalue weighted by Crippen LogP contribution is 2.32. The van der Waals surface area contributed by atoms with Crippen molar-refractivity contribution in [3.05, 3.63) is 24.2 Å². The zero-order chi connectivity index (χ0) is 14.1. The Balaban J connectivity index is 1.74. The molecule has 5 nitrogen and oxygen atoms in total. The molecule has 0 saturated carbocycles. The molecule has 1 aromatic rings. The monoisotopic (exact) mass is 278 g/mol. The fraction of sp³-hybridized carbons (Fsp3) is 0.667. The Kier molecular flexibility index (Phi) is 3.81. The van der Waals surface area contributed by atoms with E-state index in [9.17, 15) is 4.79 Å². The molecule has 0 spiro atoms. The first-order valence-corrected chi connectivity index (χ1v) is 7.24. The number of likely N-dealkylation sites (tertiary alicyclic amines) is 1. The highest BCUT2D eigenvalue weighted by Gasteiger charge is 2.42. The van der Waals surface area contributed by atoms with Gasteiger partial charge in [0.1, 0.15) is 5.76 Å². The fourth-order valence-electron chi connectivity index (χ4n) is 3.38. The Bertz CT molecular complexity index is 458. The third-order valence-corrected chi connectivity index (χ3v) is 4.34. The first-order valence-electron chi connectivity index (χ1n) is 7.24. The highest BCUT2D eigenvalue weighted by molar-refractivity contribution is 5.78. The molecule has 0 bridgehead atoms. The average molecular weight is 278 g/mol. The summed E-state index contributed by atoms with van der Waals surface area (Å²) in [5.41, 5.74) is 0. The molecule has 110 valence electrons. The smallest absolute Gasteiger partial charge is 0.226 e. The molecule has 0 aromatic carbocycles. The maximum absolute atomic E-state index is 12.3. The van der Waals surface area contributed by atoms with Gasteiger partial charge in [-0.05, 0) is 25.0 Å². The number of ether oxygens (including phenoxy) is 1. The van der Waals surface area contributed by atoms with E-state index in [1.165, 1.54) is 0 Å². The van der Waals surface area contributed by atoms with Gasteiger partial charge in [-0.15, -0.1) is 0 Å². The van der Waals surface area contributed by atoms with Crippen LogP contribution in [0.15, 0.2) is 22.8 Å². The van der Waals surface area contributed by atoms with Gasteiger partial charge < -0.3 is 14.1 Å². The lowest BCUT2D eigenvalue weighted by atomic mass is 9.89. The van der Waals surface area contributed by atoms with Crippen molar-refractivity contribution in [1.82, 2.24) is 9.80 Å². The van der Waals surface area contributed by atoms with Gasteiger partial charge in [0, 0.05) is 33.3 Å². The molecule has 2 aliphatic rings. The number of piperidine rings is 1. The largest absolute Gasteiger partial charge is 0.468 e. The van der Waals surface area contributed by atoms with Crippen molar-refractivity contribution < 1.29 is 13.9 Å². The van der Waals surface area contributed by atoms with Crippen LogP contribution in [0.3, 0.4) is 0 Å². The summed E-state index contributed by atoms with van der Waals surface area (Å²) in [5.74, 6) is 1.18. The van der Waals surface area contributed by atoms with Gasteiger partial charge in [0.25, 0.3) is 0 Å². The normalized spacial score (nSPS) is 30.2. The lowest BCUT2D eigenvalue weighted by Gasteiger charge is -2.40. The number of carbonyl (C=O) groups is 1. The molecule has 0 N–H and O–H groups in total. The van der Waals surface area contributed by atoms with Crippen LogP contribution in [0.1, 0.15) is 18.6 Å². The van der Waals surface area contributed by atoms with E-state index in [-0.39, 0.29) is 17.9 Å². The lowest BCUT2D eigenvalue weighted by Crippen LogP contribution is -2.52. The number of amides is 1. The summed E-state index contributed by atoms with van der Waals surface area (Å²) in [4.78, 5) is 16.3. The molecular formula is C15H22N2O3. The third kappa shape index (κ3) is 2.60. The highest BCUT2D eigenvalue weighted by atomic mass is 16.5. The second-order valence-electron chi connectivity index (χ2n) is 5.94. The summed E-state index contributed by atoms with van der Waals surface area (Å²) >= 11 is 0. The van der Waals surface area contributed by atoms with E-state index in [1.54, 1.807) is 11.2 Å². The van der Waals surface area contributed by atoms with Crippen LogP contribution in [0, 0.1) is 5.92 Å². The molecule has 1 amide bonds. The van der Waals surface area contributed by atoms with E-state index in [0.717, 1.165) is 38.3 Å². The number of hydrogen-bond donors (Lipinski definition) is 0.